The van der Waals surface area contributed by atoms with Crippen LogP contribution in [-0.2, 0) is 9.63 Å². The summed E-state index contributed by atoms with van der Waals surface area (Å²) in [6.45, 7) is 5.64. The highest BCUT2D eigenvalue weighted by Gasteiger charge is 2.13. The molecule has 1 amide bonds. The van der Waals surface area contributed by atoms with E-state index in [1.165, 1.54) is 12.2 Å². The van der Waals surface area contributed by atoms with Gasteiger partial charge in [-0.25, -0.2) is 5.06 Å². The average molecular weight is 145 g/mol. The first-order valence-corrected chi connectivity index (χ1v) is 3.49. The van der Waals surface area contributed by atoms with Crippen molar-refractivity contribution in [1.82, 2.24) is 5.06 Å². The molecular formula is C7H15NO2. The number of hydrogen-bond acceptors (Lipinski definition) is 2. The molecule has 10 heavy (non-hydrogen) atoms. The maximum Gasteiger partial charge on any atom is 0.246 e. The molecule has 0 aliphatic heterocycles. The molecule has 0 heterocycles. The summed E-state index contributed by atoms with van der Waals surface area (Å²) in [4.78, 5) is 15.8. The van der Waals surface area contributed by atoms with Crippen molar-refractivity contribution >= 4 is 5.91 Å². The van der Waals surface area contributed by atoms with E-state index >= 15 is 0 Å². The van der Waals surface area contributed by atoms with E-state index in [0.717, 1.165) is 0 Å². The molecule has 0 aromatic rings. The number of carbonyl (C=O) groups is 1. The molecule has 0 aliphatic rings. The Morgan fingerprint density at radius 1 is 1.60 bits per heavy atom. The molecule has 0 saturated carbocycles. The molecule has 0 bridgehead atoms. The van der Waals surface area contributed by atoms with Crippen molar-refractivity contribution in [3.05, 3.63) is 0 Å². The van der Waals surface area contributed by atoms with E-state index in [9.17, 15) is 4.79 Å². The number of hydroxylamine groups is 2. The van der Waals surface area contributed by atoms with Crippen LogP contribution in [0.1, 0.15) is 27.2 Å². The first-order chi connectivity index (χ1) is 4.63. The van der Waals surface area contributed by atoms with Gasteiger partial charge in [-0.05, 0) is 13.8 Å². The minimum atomic E-state index is 0.0255. The van der Waals surface area contributed by atoms with Gasteiger partial charge in [0.25, 0.3) is 0 Å². The fraction of sp³-hybridized carbons (Fsp3) is 0.857. The Morgan fingerprint density at radius 2 is 2.10 bits per heavy atom. The summed E-state index contributed by atoms with van der Waals surface area (Å²) in [5.41, 5.74) is 0. The van der Waals surface area contributed by atoms with Gasteiger partial charge in [0.1, 0.15) is 0 Å². The van der Waals surface area contributed by atoms with Crippen LogP contribution in [0.25, 0.3) is 0 Å². The van der Waals surface area contributed by atoms with E-state index < -0.39 is 0 Å². The monoisotopic (exact) mass is 145 g/mol. The molecule has 0 saturated heterocycles. The zero-order valence-corrected chi connectivity index (χ0v) is 7.05. The number of rotatable bonds is 3. The van der Waals surface area contributed by atoms with Crippen molar-refractivity contribution in [2.45, 2.75) is 33.2 Å². The molecule has 0 aromatic heterocycles. The minimum Gasteiger partial charge on any atom is -0.274 e. The Morgan fingerprint density at radius 3 is 2.20 bits per heavy atom. The van der Waals surface area contributed by atoms with Gasteiger partial charge in [-0.1, -0.05) is 6.92 Å². The Balaban J connectivity index is 3.93. The van der Waals surface area contributed by atoms with Gasteiger partial charge in [-0.3, -0.25) is 9.63 Å². The number of carbonyl (C=O) groups excluding carboxylic acids is 1. The first kappa shape index (κ1) is 9.43. The van der Waals surface area contributed by atoms with Crippen molar-refractivity contribution in [2.75, 3.05) is 7.11 Å². The molecule has 3 nitrogen and oxygen atoms in total. The largest absolute Gasteiger partial charge is 0.274 e. The van der Waals surface area contributed by atoms with E-state index in [4.69, 9.17) is 4.84 Å². The Hall–Kier alpha value is -0.570. The van der Waals surface area contributed by atoms with Crippen LogP contribution in [0.4, 0.5) is 0 Å². The second-order valence-corrected chi connectivity index (χ2v) is 2.35. The molecule has 0 atom stereocenters. The second kappa shape index (κ2) is 4.28. The second-order valence-electron chi connectivity index (χ2n) is 2.35. The third-order valence-electron chi connectivity index (χ3n) is 1.21. The van der Waals surface area contributed by atoms with Crippen molar-refractivity contribution in [3.63, 3.8) is 0 Å². The van der Waals surface area contributed by atoms with Gasteiger partial charge in [0.05, 0.1) is 13.2 Å². The van der Waals surface area contributed by atoms with Crippen LogP contribution in [0.3, 0.4) is 0 Å². The fourth-order valence-electron chi connectivity index (χ4n) is 0.756. The van der Waals surface area contributed by atoms with Gasteiger partial charge in [-0.15, -0.1) is 0 Å². The lowest BCUT2D eigenvalue weighted by atomic mass is 10.3. The Kier molecular flexibility index (Phi) is 4.03. The first-order valence-electron chi connectivity index (χ1n) is 3.49. The predicted molar refractivity (Wildman–Crippen MR) is 39.3 cm³/mol. The zero-order chi connectivity index (χ0) is 8.15. The van der Waals surface area contributed by atoms with Crippen molar-refractivity contribution in [1.29, 1.82) is 0 Å². The highest BCUT2D eigenvalue weighted by Crippen LogP contribution is 2.00. The van der Waals surface area contributed by atoms with Crippen molar-refractivity contribution < 1.29 is 9.63 Å². The molecule has 0 aromatic carbocycles. The lowest BCUT2D eigenvalue weighted by Gasteiger charge is -2.22. The minimum absolute atomic E-state index is 0.0255. The van der Waals surface area contributed by atoms with Crippen LogP contribution in [0.5, 0.6) is 0 Å². The van der Waals surface area contributed by atoms with E-state index in [-0.39, 0.29) is 11.9 Å². The number of hydrogen-bond donors (Lipinski definition) is 0. The van der Waals surface area contributed by atoms with Crippen molar-refractivity contribution in [2.24, 2.45) is 0 Å². The van der Waals surface area contributed by atoms with Gasteiger partial charge >= 0.3 is 0 Å². The lowest BCUT2D eigenvalue weighted by Crippen LogP contribution is -2.35. The molecule has 0 aliphatic carbocycles. The van der Waals surface area contributed by atoms with Crippen LogP contribution < -0.4 is 0 Å². The van der Waals surface area contributed by atoms with Crippen LogP contribution in [0.15, 0.2) is 0 Å². The highest BCUT2D eigenvalue weighted by atomic mass is 16.7. The smallest absolute Gasteiger partial charge is 0.246 e. The fourth-order valence-corrected chi connectivity index (χ4v) is 0.756. The summed E-state index contributed by atoms with van der Waals surface area (Å²) >= 11 is 0. The molecule has 0 rings (SSSR count). The molecule has 60 valence electrons. The molecule has 0 spiro atoms. The third-order valence-corrected chi connectivity index (χ3v) is 1.21. The summed E-state index contributed by atoms with van der Waals surface area (Å²) in [6, 6.07) is 0.123. The van der Waals surface area contributed by atoms with Gasteiger partial charge in [0.15, 0.2) is 0 Å². The Labute approximate surface area is 61.9 Å². The summed E-state index contributed by atoms with van der Waals surface area (Å²) in [7, 11) is 1.51. The number of nitrogens with zero attached hydrogens (tertiary/aromatic N) is 1. The SMILES string of the molecule is CCC(=O)N(OC)C(C)C. The molecule has 0 N–H and O–H groups in total. The van der Waals surface area contributed by atoms with Gasteiger partial charge in [0.2, 0.25) is 5.91 Å². The molecular weight excluding hydrogens is 130 g/mol. The van der Waals surface area contributed by atoms with Crippen molar-refractivity contribution in [3.8, 4) is 0 Å². The van der Waals surface area contributed by atoms with Crippen LogP contribution in [0.2, 0.25) is 0 Å². The maximum absolute atomic E-state index is 11.0. The van der Waals surface area contributed by atoms with Gasteiger partial charge < -0.3 is 0 Å². The maximum atomic E-state index is 11.0. The lowest BCUT2D eigenvalue weighted by molar-refractivity contribution is -0.184. The summed E-state index contributed by atoms with van der Waals surface area (Å²) in [5, 5.41) is 1.38. The standard InChI is InChI=1S/C7H15NO2/c1-5-7(9)8(10-4)6(2)3/h6H,5H2,1-4H3. The van der Waals surface area contributed by atoms with E-state index in [1.807, 2.05) is 20.8 Å². The molecule has 0 unspecified atom stereocenters. The van der Waals surface area contributed by atoms with Crippen LogP contribution >= 0.6 is 0 Å². The number of amides is 1. The third kappa shape index (κ3) is 2.35. The molecule has 0 radical (unpaired) electrons. The van der Waals surface area contributed by atoms with Gasteiger partial charge in [-0.2, -0.15) is 0 Å². The van der Waals surface area contributed by atoms with Crippen LogP contribution in [-0.4, -0.2) is 24.1 Å². The normalized spacial score (nSPS) is 10.1. The molecule has 3 heteroatoms. The average Bonchev–Trinajstić information content (AvgIpc) is 1.88. The molecule has 0 fully saturated rings. The summed E-state index contributed by atoms with van der Waals surface area (Å²) in [5.74, 6) is 0.0255. The van der Waals surface area contributed by atoms with Crippen LogP contribution in [0, 0.1) is 0 Å². The Bertz CT molecular complexity index is 112. The van der Waals surface area contributed by atoms with Gasteiger partial charge in [0, 0.05) is 6.42 Å². The zero-order valence-electron chi connectivity index (χ0n) is 7.05. The van der Waals surface area contributed by atoms with E-state index in [2.05, 4.69) is 0 Å². The topological polar surface area (TPSA) is 29.5 Å². The summed E-state index contributed by atoms with van der Waals surface area (Å²) in [6.07, 6.45) is 0.492. The highest BCUT2D eigenvalue weighted by molar-refractivity contribution is 5.74. The predicted octanol–water partition coefficient (Wildman–Crippen LogP) is 1.19. The quantitative estimate of drug-likeness (QED) is 0.558. The van der Waals surface area contributed by atoms with E-state index in [0.29, 0.717) is 6.42 Å². The summed E-state index contributed by atoms with van der Waals surface area (Å²) < 4.78 is 0. The van der Waals surface area contributed by atoms with E-state index in [1.54, 1.807) is 0 Å².